The number of carbonyl (C=O) groups is 1. The zero-order chi connectivity index (χ0) is 10.7. The van der Waals surface area contributed by atoms with E-state index in [1.807, 2.05) is 0 Å². The van der Waals surface area contributed by atoms with Gasteiger partial charge in [-0.3, -0.25) is 4.79 Å². The summed E-state index contributed by atoms with van der Waals surface area (Å²) >= 11 is 1.38. The maximum Gasteiger partial charge on any atom is 0.232 e. The van der Waals surface area contributed by atoms with E-state index in [9.17, 15) is 4.79 Å². The smallest absolute Gasteiger partial charge is 0.232 e. The Morgan fingerprint density at radius 3 is 3.13 bits per heavy atom. The van der Waals surface area contributed by atoms with Crippen molar-refractivity contribution in [1.82, 2.24) is 10.1 Å². The van der Waals surface area contributed by atoms with Crippen LogP contribution in [0.2, 0.25) is 0 Å². The quantitative estimate of drug-likeness (QED) is 0.858. The lowest BCUT2D eigenvalue weighted by atomic mass is 10.3. The molecule has 0 fully saturated rings. The third-order valence-electron chi connectivity index (χ3n) is 1.70. The van der Waals surface area contributed by atoms with Gasteiger partial charge in [0.05, 0.1) is 12.1 Å². The molecule has 0 unspecified atom stereocenters. The van der Waals surface area contributed by atoms with Crippen molar-refractivity contribution in [3.05, 3.63) is 29.1 Å². The molecule has 0 aliphatic carbocycles. The van der Waals surface area contributed by atoms with E-state index in [0.29, 0.717) is 16.6 Å². The second kappa shape index (κ2) is 4.22. The molecule has 1 amide bonds. The van der Waals surface area contributed by atoms with E-state index in [1.165, 1.54) is 11.3 Å². The van der Waals surface area contributed by atoms with Gasteiger partial charge in [-0.1, -0.05) is 5.16 Å². The number of anilines is 1. The number of nitrogens with one attached hydrogen (secondary N) is 1. The van der Waals surface area contributed by atoms with Crippen LogP contribution in [-0.2, 0) is 11.2 Å². The summed E-state index contributed by atoms with van der Waals surface area (Å²) in [7, 11) is 0. The molecule has 2 heterocycles. The largest absolute Gasteiger partial charge is 0.361 e. The predicted molar refractivity (Wildman–Crippen MR) is 55.7 cm³/mol. The highest BCUT2D eigenvalue weighted by Gasteiger charge is 2.08. The second-order valence-electron chi connectivity index (χ2n) is 2.99. The molecule has 0 radical (unpaired) electrons. The molecule has 0 bridgehead atoms. The zero-order valence-corrected chi connectivity index (χ0v) is 8.87. The summed E-state index contributed by atoms with van der Waals surface area (Å²) in [5.41, 5.74) is 0.626. The third-order valence-corrected chi connectivity index (χ3v) is 2.39. The first-order valence-corrected chi connectivity index (χ1v) is 5.23. The monoisotopic (exact) mass is 223 g/mol. The normalized spacial score (nSPS) is 10.2. The minimum atomic E-state index is -0.141. The Kier molecular flexibility index (Phi) is 2.77. The molecular formula is C9H9N3O2S. The molecule has 2 aromatic rings. The van der Waals surface area contributed by atoms with Crippen LogP contribution in [0.4, 0.5) is 5.13 Å². The lowest BCUT2D eigenvalue weighted by molar-refractivity contribution is -0.115. The van der Waals surface area contributed by atoms with Crippen molar-refractivity contribution in [2.75, 3.05) is 5.32 Å². The van der Waals surface area contributed by atoms with E-state index in [2.05, 4.69) is 15.5 Å². The van der Waals surface area contributed by atoms with Crippen LogP contribution in [0, 0.1) is 6.92 Å². The Morgan fingerprint density at radius 1 is 1.67 bits per heavy atom. The standard InChI is InChI=1S/C9H9N3O2S/c1-6-4-7(12-14-6)5-8(13)11-9-10-2-3-15-9/h2-4H,5H2,1H3,(H,10,11,13). The number of thiazole rings is 1. The van der Waals surface area contributed by atoms with E-state index in [4.69, 9.17) is 4.52 Å². The Labute approximate surface area is 90.1 Å². The van der Waals surface area contributed by atoms with E-state index < -0.39 is 0 Å². The average Bonchev–Trinajstić information content (AvgIpc) is 2.77. The van der Waals surface area contributed by atoms with Crippen LogP contribution in [-0.4, -0.2) is 16.0 Å². The topological polar surface area (TPSA) is 68.0 Å². The van der Waals surface area contributed by atoms with Gasteiger partial charge in [-0.25, -0.2) is 4.98 Å². The molecule has 0 aliphatic rings. The Morgan fingerprint density at radius 2 is 2.53 bits per heavy atom. The zero-order valence-electron chi connectivity index (χ0n) is 8.06. The van der Waals surface area contributed by atoms with Crippen LogP contribution in [0.1, 0.15) is 11.5 Å². The number of carbonyl (C=O) groups excluding carboxylic acids is 1. The number of hydrogen-bond acceptors (Lipinski definition) is 5. The number of nitrogens with zero attached hydrogens (tertiary/aromatic N) is 2. The van der Waals surface area contributed by atoms with Crippen molar-refractivity contribution in [2.24, 2.45) is 0 Å². The molecule has 1 N–H and O–H groups in total. The van der Waals surface area contributed by atoms with Gasteiger partial charge in [0.25, 0.3) is 0 Å². The van der Waals surface area contributed by atoms with Gasteiger partial charge in [-0.15, -0.1) is 11.3 Å². The minimum absolute atomic E-state index is 0.141. The molecule has 2 aromatic heterocycles. The molecule has 2 rings (SSSR count). The van der Waals surface area contributed by atoms with Crippen molar-refractivity contribution in [1.29, 1.82) is 0 Å². The first kappa shape index (κ1) is 9.85. The van der Waals surface area contributed by atoms with Gasteiger partial charge in [-0.05, 0) is 6.92 Å². The summed E-state index contributed by atoms with van der Waals surface area (Å²) < 4.78 is 4.86. The summed E-state index contributed by atoms with van der Waals surface area (Å²) in [6.07, 6.45) is 1.84. The number of amides is 1. The SMILES string of the molecule is Cc1cc(CC(=O)Nc2nccs2)no1. The fourth-order valence-electron chi connectivity index (χ4n) is 1.11. The first-order valence-electron chi connectivity index (χ1n) is 4.35. The Bertz CT molecular complexity index is 450. The van der Waals surface area contributed by atoms with Crippen molar-refractivity contribution >= 4 is 22.4 Å². The summed E-state index contributed by atoms with van der Waals surface area (Å²) in [5.74, 6) is 0.560. The van der Waals surface area contributed by atoms with Crippen molar-refractivity contribution in [3.63, 3.8) is 0 Å². The highest BCUT2D eigenvalue weighted by Crippen LogP contribution is 2.11. The minimum Gasteiger partial charge on any atom is -0.361 e. The van der Waals surface area contributed by atoms with Gasteiger partial charge in [0.15, 0.2) is 5.13 Å². The van der Waals surface area contributed by atoms with E-state index in [0.717, 1.165) is 0 Å². The van der Waals surface area contributed by atoms with Gasteiger partial charge in [0.1, 0.15) is 5.76 Å². The van der Waals surface area contributed by atoms with Crippen LogP contribution >= 0.6 is 11.3 Å². The molecule has 5 nitrogen and oxygen atoms in total. The van der Waals surface area contributed by atoms with E-state index in [1.54, 1.807) is 24.6 Å². The third kappa shape index (κ3) is 2.63. The molecule has 0 aromatic carbocycles. The van der Waals surface area contributed by atoms with Gasteiger partial charge in [0, 0.05) is 17.6 Å². The molecule has 15 heavy (non-hydrogen) atoms. The summed E-state index contributed by atoms with van der Waals surface area (Å²) in [6.45, 7) is 1.79. The Hall–Kier alpha value is -1.69. The lowest BCUT2D eigenvalue weighted by Crippen LogP contribution is -2.14. The highest BCUT2D eigenvalue weighted by molar-refractivity contribution is 7.13. The van der Waals surface area contributed by atoms with Gasteiger partial charge < -0.3 is 9.84 Å². The summed E-state index contributed by atoms with van der Waals surface area (Å²) in [6, 6.07) is 1.74. The van der Waals surface area contributed by atoms with Crippen LogP contribution in [0.5, 0.6) is 0 Å². The molecule has 0 atom stereocenters. The van der Waals surface area contributed by atoms with Crippen molar-refractivity contribution in [3.8, 4) is 0 Å². The Balaban J connectivity index is 1.93. The maximum atomic E-state index is 11.5. The number of aryl methyl sites for hydroxylation is 1. The number of hydrogen-bond donors (Lipinski definition) is 1. The maximum absolute atomic E-state index is 11.5. The average molecular weight is 223 g/mol. The number of rotatable bonds is 3. The molecular weight excluding hydrogens is 214 g/mol. The molecule has 0 aliphatic heterocycles. The van der Waals surface area contributed by atoms with Gasteiger partial charge in [0.2, 0.25) is 5.91 Å². The van der Waals surface area contributed by atoms with Crippen molar-refractivity contribution in [2.45, 2.75) is 13.3 Å². The van der Waals surface area contributed by atoms with Crippen molar-refractivity contribution < 1.29 is 9.32 Å². The second-order valence-corrected chi connectivity index (χ2v) is 3.89. The lowest BCUT2D eigenvalue weighted by Gasteiger charge is -1.97. The van der Waals surface area contributed by atoms with Gasteiger partial charge in [-0.2, -0.15) is 0 Å². The molecule has 78 valence electrons. The van der Waals surface area contributed by atoms with Crippen LogP contribution in [0.3, 0.4) is 0 Å². The van der Waals surface area contributed by atoms with Crippen LogP contribution < -0.4 is 5.32 Å². The summed E-state index contributed by atoms with van der Waals surface area (Å²) in [4.78, 5) is 15.4. The van der Waals surface area contributed by atoms with Crippen LogP contribution in [0.15, 0.2) is 22.2 Å². The molecule has 6 heteroatoms. The highest BCUT2D eigenvalue weighted by atomic mass is 32.1. The molecule has 0 spiro atoms. The van der Waals surface area contributed by atoms with Gasteiger partial charge >= 0.3 is 0 Å². The molecule has 0 saturated carbocycles. The van der Waals surface area contributed by atoms with E-state index >= 15 is 0 Å². The fraction of sp³-hybridized carbons (Fsp3) is 0.222. The van der Waals surface area contributed by atoms with Crippen LogP contribution in [0.25, 0.3) is 0 Å². The summed E-state index contributed by atoms with van der Waals surface area (Å²) in [5, 5.41) is 8.80. The predicted octanol–water partition coefficient (Wildman–Crippen LogP) is 1.62. The first-order chi connectivity index (χ1) is 7.24. The fourth-order valence-corrected chi connectivity index (χ4v) is 1.66. The molecule has 0 saturated heterocycles. The number of aromatic nitrogens is 2. The van der Waals surface area contributed by atoms with E-state index in [-0.39, 0.29) is 12.3 Å².